The van der Waals surface area contributed by atoms with Gasteiger partial charge in [-0.2, -0.15) is 0 Å². The van der Waals surface area contributed by atoms with Crippen molar-refractivity contribution in [3.05, 3.63) is 46.0 Å². The van der Waals surface area contributed by atoms with Crippen LogP contribution in [0, 0.1) is 11.2 Å². The van der Waals surface area contributed by atoms with Crippen LogP contribution in [0.4, 0.5) is 4.39 Å². The van der Waals surface area contributed by atoms with Crippen molar-refractivity contribution in [3.63, 3.8) is 0 Å². The van der Waals surface area contributed by atoms with Gasteiger partial charge in [-0.1, -0.05) is 0 Å². The molecule has 142 valence electrons. The predicted molar refractivity (Wildman–Crippen MR) is 96.1 cm³/mol. The number of hydrogen-bond acceptors (Lipinski definition) is 4. The molecule has 1 amide bonds. The Morgan fingerprint density at radius 3 is 2.67 bits per heavy atom. The highest BCUT2D eigenvalue weighted by Gasteiger charge is 2.49. The van der Waals surface area contributed by atoms with Gasteiger partial charge in [-0.3, -0.25) is 9.59 Å². The number of hydrogen-bond donors (Lipinski definition) is 3. The van der Waals surface area contributed by atoms with E-state index in [0.29, 0.717) is 18.5 Å². The van der Waals surface area contributed by atoms with Crippen molar-refractivity contribution in [1.29, 1.82) is 0 Å². The van der Waals surface area contributed by atoms with E-state index in [4.69, 9.17) is 0 Å². The summed E-state index contributed by atoms with van der Waals surface area (Å²) in [5.74, 6) is -2.13. The molecular weight excluding hydrogens is 353 g/mol. The molecule has 0 saturated carbocycles. The van der Waals surface area contributed by atoms with Crippen molar-refractivity contribution < 1.29 is 19.1 Å². The average Bonchev–Trinajstić information content (AvgIpc) is 3.00. The zero-order chi connectivity index (χ0) is 19.2. The van der Waals surface area contributed by atoms with Gasteiger partial charge in [-0.05, 0) is 56.0 Å². The molecule has 2 aromatic rings. The van der Waals surface area contributed by atoms with Crippen LogP contribution in [-0.2, 0) is 4.79 Å². The largest absolute Gasteiger partial charge is 0.480 e. The van der Waals surface area contributed by atoms with Crippen molar-refractivity contribution in [1.82, 2.24) is 15.2 Å². The molecule has 1 aromatic carbocycles. The number of aromatic nitrogens is 1. The molecule has 1 spiro atoms. The van der Waals surface area contributed by atoms with E-state index in [9.17, 15) is 23.9 Å². The number of carboxylic acids is 1. The number of carboxylic acid groups (broad SMARTS) is 1. The first kappa shape index (κ1) is 17.7. The number of piperidine rings is 1. The third-order valence-electron chi connectivity index (χ3n) is 5.75. The molecule has 0 bridgehead atoms. The molecule has 2 aliphatic heterocycles. The molecule has 2 fully saturated rings. The van der Waals surface area contributed by atoms with E-state index in [0.717, 1.165) is 32.0 Å². The molecule has 0 radical (unpaired) electrons. The van der Waals surface area contributed by atoms with Crippen molar-refractivity contribution in [2.75, 3.05) is 19.6 Å². The minimum atomic E-state index is -1.06. The fraction of sp³-hybridized carbons (Fsp3) is 0.421. The first-order valence-electron chi connectivity index (χ1n) is 8.96. The Bertz CT molecular complexity index is 981. The van der Waals surface area contributed by atoms with Crippen LogP contribution in [0.5, 0.6) is 0 Å². The summed E-state index contributed by atoms with van der Waals surface area (Å²) in [6, 6.07) is 3.96. The van der Waals surface area contributed by atoms with Gasteiger partial charge in [0.2, 0.25) is 5.56 Å². The van der Waals surface area contributed by atoms with Crippen LogP contribution >= 0.6 is 0 Å². The number of aliphatic carboxylic acids is 1. The third-order valence-corrected chi connectivity index (χ3v) is 5.75. The quantitative estimate of drug-likeness (QED) is 0.737. The fourth-order valence-electron chi connectivity index (χ4n) is 4.37. The average molecular weight is 373 g/mol. The summed E-state index contributed by atoms with van der Waals surface area (Å²) in [5.41, 5.74) is -0.341. The second-order valence-electron chi connectivity index (χ2n) is 7.48. The molecule has 3 N–H and O–H groups in total. The van der Waals surface area contributed by atoms with Gasteiger partial charge in [0, 0.05) is 23.5 Å². The van der Waals surface area contributed by atoms with E-state index in [1.165, 1.54) is 23.1 Å². The van der Waals surface area contributed by atoms with E-state index < -0.39 is 29.3 Å². The first-order chi connectivity index (χ1) is 12.9. The maximum atomic E-state index is 13.7. The number of fused-ring (bicyclic) bond motifs is 1. The third kappa shape index (κ3) is 3.10. The molecule has 27 heavy (non-hydrogen) atoms. The molecule has 2 aliphatic rings. The fourth-order valence-corrected chi connectivity index (χ4v) is 4.37. The first-order valence-corrected chi connectivity index (χ1v) is 8.96. The SMILES string of the molecule is O=C(O)C1CC2(CCNCC2)CN1C(=O)c1cc(=O)[nH]c2ccc(F)cc12. The van der Waals surface area contributed by atoms with Crippen molar-refractivity contribution >= 4 is 22.8 Å². The van der Waals surface area contributed by atoms with Crippen LogP contribution in [0.25, 0.3) is 10.9 Å². The lowest BCUT2D eigenvalue weighted by atomic mass is 9.77. The van der Waals surface area contributed by atoms with Crippen molar-refractivity contribution in [2.24, 2.45) is 5.41 Å². The van der Waals surface area contributed by atoms with Crippen LogP contribution in [0.1, 0.15) is 29.6 Å². The van der Waals surface area contributed by atoms with Crippen molar-refractivity contribution in [3.8, 4) is 0 Å². The van der Waals surface area contributed by atoms with Gasteiger partial charge in [-0.15, -0.1) is 0 Å². The van der Waals surface area contributed by atoms with Gasteiger partial charge in [0.15, 0.2) is 0 Å². The highest BCUT2D eigenvalue weighted by Crippen LogP contribution is 2.42. The number of nitrogens with zero attached hydrogens (tertiary/aromatic N) is 1. The Kier molecular flexibility index (Phi) is 4.22. The molecule has 3 heterocycles. The Morgan fingerprint density at radius 1 is 1.22 bits per heavy atom. The number of likely N-dealkylation sites (tertiary alicyclic amines) is 1. The van der Waals surface area contributed by atoms with Crippen LogP contribution in [0.2, 0.25) is 0 Å². The lowest BCUT2D eigenvalue weighted by Crippen LogP contribution is -2.42. The number of rotatable bonds is 2. The molecule has 7 nitrogen and oxygen atoms in total. The number of H-pyrrole nitrogens is 1. The Labute approximate surface area is 154 Å². The molecular formula is C19H20FN3O4. The standard InChI is InChI=1S/C19H20FN3O4/c20-11-1-2-14-12(7-11)13(8-16(24)22-14)17(25)23-10-19(3-5-21-6-4-19)9-15(23)18(26)27/h1-2,7-8,15,21H,3-6,9-10H2,(H,22,24)(H,26,27). The van der Waals surface area contributed by atoms with Gasteiger partial charge in [0.25, 0.3) is 5.91 Å². The monoisotopic (exact) mass is 373 g/mol. The molecule has 1 atom stereocenters. The Hall–Kier alpha value is -2.74. The highest BCUT2D eigenvalue weighted by atomic mass is 19.1. The molecule has 2 saturated heterocycles. The summed E-state index contributed by atoms with van der Waals surface area (Å²) in [5, 5.41) is 13.2. The maximum Gasteiger partial charge on any atom is 0.326 e. The molecule has 0 aliphatic carbocycles. The topological polar surface area (TPSA) is 102 Å². The second kappa shape index (κ2) is 6.45. The number of aromatic amines is 1. The van der Waals surface area contributed by atoms with E-state index in [1.807, 2.05) is 0 Å². The number of amides is 1. The number of nitrogens with one attached hydrogen (secondary N) is 2. The summed E-state index contributed by atoms with van der Waals surface area (Å²) in [7, 11) is 0. The minimum absolute atomic E-state index is 0.0329. The maximum absolute atomic E-state index is 13.7. The molecule has 8 heteroatoms. The Morgan fingerprint density at radius 2 is 1.96 bits per heavy atom. The smallest absolute Gasteiger partial charge is 0.326 e. The van der Waals surface area contributed by atoms with Gasteiger partial charge in [0.1, 0.15) is 11.9 Å². The normalized spacial score (nSPS) is 21.7. The van der Waals surface area contributed by atoms with E-state index in [2.05, 4.69) is 10.3 Å². The minimum Gasteiger partial charge on any atom is -0.480 e. The van der Waals surface area contributed by atoms with Gasteiger partial charge < -0.3 is 20.3 Å². The van der Waals surface area contributed by atoms with Crippen LogP contribution in [-0.4, -0.2) is 52.5 Å². The van der Waals surface area contributed by atoms with Gasteiger partial charge >= 0.3 is 5.97 Å². The number of carbonyl (C=O) groups excluding carboxylic acids is 1. The zero-order valence-electron chi connectivity index (χ0n) is 14.6. The number of halogens is 1. The summed E-state index contributed by atoms with van der Waals surface area (Å²) in [6.07, 6.45) is 1.99. The van der Waals surface area contributed by atoms with Crippen LogP contribution in [0.3, 0.4) is 0 Å². The lowest BCUT2D eigenvalue weighted by Gasteiger charge is -2.33. The molecule has 4 rings (SSSR count). The van der Waals surface area contributed by atoms with E-state index in [-0.39, 0.29) is 16.4 Å². The van der Waals surface area contributed by atoms with Crippen LogP contribution in [0.15, 0.2) is 29.1 Å². The van der Waals surface area contributed by atoms with Gasteiger partial charge in [-0.25, -0.2) is 9.18 Å². The summed E-state index contributed by atoms with van der Waals surface area (Å²) in [6.45, 7) is 1.90. The lowest BCUT2D eigenvalue weighted by molar-refractivity contribution is -0.141. The second-order valence-corrected chi connectivity index (χ2v) is 7.48. The summed E-state index contributed by atoms with van der Waals surface area (Å²) in [4.78, 5) is 40.9. The van der Waals surface area contributed by atoms with E-state index in [1.54, 1.807) is 0 Å². The predicted octanol–water partition coefficient (Wildman–Crippen LogP) is 1.34. The Balaban J connectivity index is 1.77. The van der Waals surface area contributed by atoms with Crippen LogP contribution < -0.4 is 10.9 Å². The molecule has 1 aromatic heterocycles. The van der Waals surface area contributed by atoms with E-state index >= 15 is 0 Å². The summed E-state index contributed by atoms with van der Waals surface area (Å²) < 4.78 is 13.7. The highest BCUT2D eigenvalue weighted by molar-refractivity contribution is 6.07. The molecule has 1 unspecified atom stereocenters. The summed E-state index contributed by atoms with van der Waals surface area (Å²) >= 11 is 0. The van der Waals surface area contributed by atoms with Gasteiger partial charge in [0.05, 0.1) is 5.56 Å². The number of carbonyl (C=O) groups is 2. The van der Waals surface area contributed by atoms with Crippen molar-refractivity contribution in [2.45, 2.75) is 25.3 Å². The number of benzene rings is 1. The number of pyridine rings is 1. The zero-order valence-corrected chi connectivity index (χ0v) is 14.6.